The lowest BCUT2D eigenvalue weighted by Gasteiger charge is -2.17. The van der Waals surface area contributed by atoms with Crippen molar-refractivity contribution in [3.8, 4) is 11.5 Å². The SMILES string of the molecule is COc1cc(OC)cc(C(O)C2C3C4CCC(C4)C32)c1. The molecular formula is C17H22O3. The van der Waals surface area contributed by atoms with Crippen molar-refractivity contribution in [2.75, 3.05) is 14.2 Å². The Morgan fingerprint density at radius 2 is 1.55 bits per heavy atom. The summed E-state index contributed by atoms with van der Waals surface area (Å²) in [5.74, 6) is 5.31. The number of ether oxygens (including phenoxy) is 2. The fraction of sp³-hybridized carbons (Fsp3) is 0.647. The van der Waals surface area contributed by atoms with Gasteiger partial charge in [0.05, 0.1) is 20.3 Å². The minimum Gasteiger partial charge on any atom is -0.497 e. The first kappa shape index (κ1) is 12.5. The van der Waals surface area contributed by atoms with Gasteiger partial charge in [-0.3, -0.25) is 0 Å². The van der Waals surface area contributed by atoms with E-state index in [2.05, 4.69) is 0 Å². The fourth-order valence-electron chi connectivity index (χ4n) is 5.04. The standard InChI is InChI=1S/C17H22O3/c1-19-12-6-11(7-13(8-12)20-2)17(18)16-14-9-3-4-10(5-9)15(14)16/h6-10,14-18H,3-5H2,1-2H3. The number of fused-ring (bicyclic) bond motifs is 5. The van der Waals surface area contributed by atoms with E-state index in [9.17, 15) is 5.11 Å². The molecule has 0 aromatic heterocycles. The second-order valence-electron chi connectivity index (χ2n) is 6.66. The molecule has 0 spiro atoms. The van der Waals surface area contributed by atoms with Crippen LogP contribution in [0.15, 0.2) is 18.2 Å². The molecule has 0 saturated heterocycles. The number of hydrogen-bond acceptors (Lipinski definition) is 3. The lowest BCUT2D eigenvalue weighted by atomic mass is 9.95. The minimum absolute atomic E-state index is 0.364. The lowest BCUT2D eigenvalue weighted by Crippen LogP contribution is -2.08. The Morgan fingerprint density at radius 1 is 1.00 bits per heavy atom. The fourth-order valence-corrected chi connectivity index (χ4v) is 5.04. The van der Waals surface area contributed by atoms with Crippen LogP contribution >= 0.6 is 0 Å². The average molecular weight is 274 g/mol. The largest absolute Gasteiger partial charge is 0.497 e. The Labute approximate surface area is 119 Å². The van der Waals surface area contributed by atoms with Crippen LogP contribution in [-0.2, 0) is 0 Å². The molecular weight excluding hydrogens is 252 g/mol. The van der Waals surface area contributed by atoms with Gasteiger partial charge in [-0.2, -0.15) is 0 Å². The van der Waals surface area contributed by atoms with E-state index in [-0.39, 0.29) is 6.10 Å². The van der Waals surface area contributed by atoms with Gasteiger partial charge in [0.15, 0.2) is 0 Å². The summed E-state index contributed by atoms with van der Waals surface area (Å²) in [7, 11) is 3.30. The number of rotatable bonds is 4. The Balaban J connectivity index is 1.59. The number of aliphatic hydroxyl groups is 1. The van der Waals surface area contributed by atoms with Crippen molar-refractivity contribution in [1.82, 2.24) is 0 Å². The molecule has 0 amide bonds. The van der Waals surface area contributed by atoms with Crippen molar-refractivity contribution in [2.45, 2.75) is 25.4 Å². The zero-order valence-electron chi connectivity index (χ0n) is 12.1. The van der Waals surface area contributed by atoms with Gasteiger partial charge in [-0.25, -0.2) is 0 Å². The summed E-state index contributed by atoms with van der Waals surface area (Å²) in [6.45, 7) is 0. The summed E-state index contributed by atoms with van der Waals surface area (Å²) in [4.78, 5) is 0. The molecule has 5 atom stereocenters. The van der Waals surface area contributed by atoms with E-state index in [4.69, 9.17) is 9.47 Å². The normalized spacial score (nSPS) is 38.5. The van der Waals surface area contributed by atoms with Gasteiger partial charge >= 0.3 is 0 Å². The molecule has 3 fully saturated rings. The topological polar surface area (TPSA) is 38.7 Å². The van der Waals surface area contributed by atoms with Gasteiger partial charge in [-0.15, -0.1) is 0 Å². The second kappa shape index (κ2) is 4.39. The van der Waals surface area contributed by atoms with Gasteiger partial charge in [0.25, 0.3) is 0 Å². The Bertz CT molecular complexity index is 489. The summed E-state index contributed by atoms with van der Waals surface area (Å²) in [5, 5.41) is 10.8. The first-order chi connectivity index (χ1) is 9.72. The van der Waals surface area contributed by atoms with Crippen LogP contribution in [0, 0.1) is 29.6 Å². The van der Waals surface area contributed by atoms with Crippen molar-refractivity contribution >= 4 is 0 Å². The molecule has 1 aromatic carbocycles. The van der Waals surface area contributed by atoms with Crippen molar-refractivity contribution in [2.24, 2.45) is 29.6 Å². The van der Waals surface area contributed by atoms with E-state index in [0.717, 1.165) is 40.7 Å². The van der Waals surface area contributed by atoms with Gasteiger partial charge in [0.2, 0.25) is 0 Å². The van der Waals surface area contributed by atoms with Crippen LogP contribution in [0.1, 0.15) is 30.9 Å². The highest BCUT2D eigenvalue weighted by atomic mass is 16.5. The van der Waals surface area contributed by atoms with Crippen molar-refractivity contribution in [3.63, 3.8) is 0 Å². The van der Waals surface area contributed by atoms with Crippen molar-refractivity contribution in [3.05, 3.63) is 23.8 Å². The van der Waals surface area contributed by atoms with Crippen LogP contribution in [0.3, 0.4) is 0 Å². The predicted molar refractivity (Wildman–Crippen MR) is 75.8 cm³/mol. The smallest absolute Gasteiger partial charge is 0.122 e. The van der Waals surface area contributed by atoms with E-state index < -0.39 is 0 Å². The average Bonchev–Trinajstić information content (AvgIpc) is 2.92. The summed E-state index contributed by atoms with van der Waals surface area (Å²) in [6.07, 6.45) is 3.82. The molecule has 1 N–H and O–H groups in total. The first-order valence-corrected chi connectivity index (χ1v) is 7.64. The third-order valence-corrected chi connectivity index (χ3v) is 5.87. The number of benzene rings is 1. The van der Waals surface area contributed by atoms with E-state index in [1.807, 2.05) is 18.2 Å². The lowest BCUT2D eigenvalue weighted by molar-refractivity contribution is 0.129. The Kier molecular flexibility index (Phi) is 2.75. The van der Waals surface area contributed by atoms with Crippen molar-refractivity contribution in [1.29, 1.82) is 0 Å². The summed E-state index contributed by atoms with van der Waals surface area (Å²) >= 11 is 0. The second-order valence-corrected chi connectivity index (χ2v) is 6.66. The maximum absolute atomic E-state index is 10.8. The molecule has 2 bridgehead atoms. The quantitative estimate of drug-likeness (QED) is 0.917. The van der Waals surface area contributed by atoms with Crippen molar-refractivity contribution < 1.29 is 14.6 Å². The number of methoxy groups -OCH3 is 2. The highest BCUT2D eigenvalue weighted by Crippen LogP contribution is 2.72. The van der Waals surface area contributed by atoms with Gasteiger partial charge in [0.1, 0.15) is 11.5 Å². The summed E-state index contributed by atoms with van der Waals surface area (Å²) in [6, 6.07) is 5.75. The minimum atomic E-state index is -0.364. The zero-order valence-corrected chi connectivity index (χ0v) is 12.1. The number of aliphatic hydroxyl groups excluding tert-OH is 1. The molecule has 3 aliphatic rings. The van der Waals surface area contributed by atoms with Crippen LogP contribution in [0.5, 0.6) is 11.5 Å². The number of hydrogen-bond donors (Lipinski definition) is 1. The van der Waals surface area contributed by atoms with Gasteiger partial charge in [-0.1, -0.05) is 0 Å². The Morgan fingerprint density at radius 3 is 2.05 bits per heavy atom. The van der Waals surface area contributed by atoms with Crippen LogP contribution in [-0.4, -0.2) is 19.3 Å². The third kappa shape index (κ3) is 1.69. The van der Waals surface area contributed by atoms with Gasteiger partial charge in [0, 0.05) is 6.07 Å². The first-order valence-electron chi connectivity index (χ1n) is 7.64. The van der Waals surface area contributed by atoms with Crippen LogP contribution in [0.25, 0.3) is 0 Å². The molecule has 3 aliphatic carbocycles. The highest BCUT2D eigenvalue weighted by molar-refractivity contribution is 5.40. The molecule has 0 radical (unpaired) electrons. The maximum Gasteiger partial charge on any atom is 0.122 e. The predicted octanol–water partition coefficient (Wildman–Crippen LogP) is 3.03. The van der Waals surface area contributed by atoms with E-state index in [1.165, 1.54) is 19.3 Å². The molecule has 0 heterocycles. The van der Waals surface area contributed by atoms with E-state index in [1.54, 1.807) is 14.2 Å². The molecule has 1 aromatic rings. The third-order valence-electron chi connectivity index (χ3n) is 5.87. The molecule has 0 aliphatic heterocycles. The molecule has 4 rings (SSSR count). The zero-order chi connectivity index (χ0) is 13.9. The summed E-state index contributed by atoms with van der Waals surface area (Å²) < 4.78 is 10.6. The van der Waals surface area contributed by atoms with Gasteiger partial charge < -0.3 is 14.6 Å². The summed E-state index contributed by atoms with van der Waals surface area (Å²) in [5.41, 5.74) is 0.944. The van der Waals surface area contributed by atoms with Crippen LogP contribution < -0.4 is 9.47 Å². The molecule has 3 heteroatoms. The van der Waals surface area contributed by atoms with Crippen LogP contribution in [0.4, 0.5) is 0 Å². The van der Waals surface area contributed by atoms with Gasteiger partial charge in [-0.05, 0) is 66.5 Å². The van der Waals surface area contributed by atoms with Crippen LogP contribution in [0.2, 0.25) is 0 Å². The molecule has 3 saturated carbocycles. The monoisotopic (exact) mass is 274 g/mol. The van der Waals surface area contributed by atoms with E-state index in [0.29, 0.717) is 5.92 Å². The molecule has 5 unspecified atom stereocenters. The maximum atomic E-state index is 10.8. The highest BCUT2D eigenvalue weighted by Gasteiger charge is 2.66. The molecule has 108 valence electrons. The Hall–Kier alpha value is -1.22. The van der Waals surface area contributed by atoms with E-state index >= 15 is 0 Å². The molecule has 20 heavy (non-hydrogen) atoms. The molecule has 3 nitrogen and oxygen atoms in total.